The number of rotatable bonds is 1. The van der Waals surface area contributed by atoms with Crippen molar-refractivity contribution < 1.29 is 0 Å². The van der Waals surface area contributed by atoms with Crippen LogP contribution in [-0.2, 0) is 6.42 Å². The molecule has 0 saturated heterocycles. The van der Waals surface area contributed by atoms with Crippen LogP contribution >= 0.6 is 11.8 Å². The van der Waals surface area contributed by atoms with E-state index >= 15 is 0 Å². The molecule has 94 valence electrons. The number of nitrogen functional groups attached to an aromatic ring is 1. The first kappa shape index (κ1) is 10.9. The third-order valence-corrected chi connectivity index (χ3v) is 4.66. The monoisotopic (exact) mass is 268 g/mol. The van der Waals surface area contributed by atoms with Crippen molar-refractivity contribution in [3.63, 3.8) is 0 Å². The van der Waals surface area contributed by atoms with E-state index in [1.807, 2.05) is 17.8 Å². The second kappa shape index (κ2) is 3.99. The van der Waals surface area contributed by atoms with Crippen LogP contribution in [0.3, 0.4) is 0 Å². The molecule has 1 atom stereocenters. The summed E-state index contributed by atoms with van der Waals surface area (Å²) in [6.45, 7) is 0. The molecule has 4 rings (SSSR count). The molecule has 0 amide bonds. The van der Waals surface area contributed by atoms with Crippen LogP contribution in [0, 0.1) is 0 Å². The highest BCUT2D eigenvalue weighted by molar-refractivity contribution is 7.99. The van der Waals surface area contributed by atoms with Crippen LogP contribution < -0.4 is 5.73 Å². The molecular formula is C14H12N4S. The van der Waals surface area contributed by atoms with E-state index in [2.05, 4.69) is 39.2 Å². The summed E-state index contributed by atoms with van der Waals surface area (Å²) in [5.41, 5.74) is 8.72. The van der Waals surface area contributed by atoms with Crippen molar-refractivity contribution in [2.45, 2.75) is 16.6 Å². The third kappa shape index (κ3) is 1.77. The van der Waals surface area contributed by atoms with Crippen LogP contribution in [0.25, 0.3) is 11.2 Å². The number of nitrogens with two attached hydrogens (primary N) is 1. The number of nitrogens with zero attached hydrogens (tertiary/aromatic N) is 2. The van der Waals surface area contributed by atoms with Gasteiger partial charge in [-0.15, -0.1) is 11.8 Å². The number of aromatic nitrogens is 3. The van der Waals surface area contributed by atoms with Gasteiger partial charge in [0.2, 0.25) is 0 Å². The van der Waals surface area contributed by atoms with E-state index in [0.29, 0.717) is 16.7 Å². The number of imidazole rings is 1. The number of hydrogen-bond acceptors (Lipinski definition) is 4. The predicted molar refractivity (Wildman–Crippen MR) is 77.0 cm³/mol. The van der Waals surface area contributed by atoms with E-state index in [1.165, 1.54) is 10.5 Å². The summed E-state index contributed by atoms with van der Waals surface area (Å²) in [7, 11) is 0. The molecule has 1 aliphatic rings. The van der Waals surface area contributed by atoms with Gasteiger partial charge in [-0.2, -0.15) is 0 Å². The zero-order valence-corrected chi connectivity index (χ0v) is 10.9. The average molecular weight is 268 g/mol. The van der Waals surface area contributed by atoms with E-state index in [4.69, 9.17) is 5.73 Å². The summed E-state index contributed by atoms with van der Waals surface area (Å²) in [5.74, 6) is 1.49. The molecule has 0 radical (unpaired) electrons. The zero-order chi connectivity index (χ0) is 12.8. The lowest BCUT2D eigenvalue weighted by atomic mass is 10.1. The highest BCUT2D eigenvalue weighted by Gasteiger charge is 2.25. The summed E-state index contributed by atoms with van der Waals surface area (Å²) in [4.78, 5) is 13.5. The second-order valence-corrected chi connectivity index (χ2v) is 5.89. The molecule has 1 unspecified atom stereocenters. The number of H-pyrrole nitrogens is 1. The van der Waals surface area contributed by atoms with Gasteiger partial charge in [-0.25, -0.2) is 9.97 Å². The number of benzene rings is 1. The molecule has 0 bridgehead atoms. The van der Waals surface area contributed by atoms with Gasteiger partial charge in [0.15, 0.2) is 5.65 Å². The normalized spacial score (nSPS) is 17.8. The summed E-state index contributed by atoms with van der Waals surface area (Å²) < 4.78 is 0. The van der Waals surface area contributed by atoms with Gasteiger partial charge in [-0.1, -0.05) is 18.2 Å². The van der Waals surface area contributed by atoms with Crippen molar-refractivity contribution in [3.8, 4) is 0 Å². The lowest BCUT2D eigenvalue weighted by Gasteiger charge is -2.02. The Kier molecular flexibility index (Phi) is 2.29. The number of pyridine rings is 1. The average Bonchev–Trinajstić information content (AvgIpc) is 3.00. The van der Waals surface area contributed by atoms with Gasteiger partial charge in [0, 0.05) is 4.90 Å². The topological polar surface area (TPSA) is 67.6 Å². The van der Waals surface area contributed by atoms with E-state index < -0.39 is 0 Å². The highest BCUT2D eigenvalue weighted by atomic mass is 32.2. The third-order valence-electron chi connectivity index (χ3n) is 3.34. The zero-order valence-electron chi connectivity index (χ0n) is 10.1. The Bertz CT molecular complexity index is 740. The summed E-state index contributed by atoms with van der Waals surface area (Å²) in [5, 5.41) is 0.341. The molecule has 1 aromatic carbocycles. The maximum absolute atomic E-state index is 5.69. The fourth-order valence-corrected chi connectivity index (χ4v) is 3.67. The number of nitrogens with one attached hydrogen (secondary N) is 1. The Morgan fingerprint density at radius 1 is 1.16 bits per heavy atom. The van der Waals surface area contributed by atoms with Crippen molar-refractivity contribution >= 4 is 28.7 Å². The molecule has 3 aromatic rings. The van der Waals surface area contributed by atoms with Gasteiger partial charge in [-0.05, 0) is 30.2 Å². The highest BCUT2D eigenvalue weighted by Crippen LogP contribution is 2.45. The minimum absolute atomic E-state index is 0.341. The molecule has 5 heteroatoms. The van der Waals surface area contributed by atoms with Crippen LogP contribution in [0.1, 0.15) is 16.6 Å². The lowest BCUT2D eigenvalue weighted by Crippen LogP contribution is -1.94. The summed E-state index contributed by atoms with van der Waals surface area (Å²) in [6.07, 6.45) is 1.01. The summed E-state index contributed by atoms with van der Waals surface area (Å²) >= 11 is 1.86. The van der Waals surface area contributed by atoms with E-state index in [9.17, 15) is 0 Å². The van der Waals surface area contributed by atoms with Gasteiger partial charge >= 0.3 is 0 Å². The minimum atomic E-state index is 0.341. The van der Waals surface area contributed by atoms with E-state index in [0.717, 1.165) is 17.8 Å². The van der Waals surface area contributed by atoms with Crippen molar-refractivity contribution in [2.24, 2.45) is 0 Å². The number of thioether (sulfide) groups is 1. The van der Waals surface area contributed by atoms with Gasteiger partial charge in [0.05, 0.1) is 10.8 Å². The van der Waals surface area contributed by atoms with Gasteiger partial charge in [0.1, 0.15) is 11.6 Å². The molecule has 2 aromatic heterocycles. The molecule has 0 aliphatic carbocycles. The van der Waals surface area contributed by atoms with Crippen LogP contribution in [0.5, 0.6) is 0 Å². The number of anilines is 1. The fraction of sp³-hybridized carbons (Fsp3) is 0.143. The SMILES string of the molecule is Nc1ccc2[nH]c(C3Cc4ccccc4S3)nc2n1. The Morgan fingerprint density at radius 2 is 2.05 bits per heavy atom. The van der Waals surface area contributed by atoms with Crippen molar-refractivity contribution in [1.82, 2.24) is 15.0 Å². The molecule has 0 saturated carbocycles. The van der Waals surface area contributed by atoms with Crippen molar-refractivity contribution in [3.05, 3.63) is 47.8 Å². The number of fused-ring (bicyclic) bond motifs is 2. The number of hydrogen-bond donors (Lipinski definition) is 2. The van der Waals surface area contributed by atoms with Crippen LogP contribution in [0.15, 0.2) is 41.3 Å². The van der Waals surface area contributed by atoms with Gasteiger partial charge in [-0.3, -0.25) is 0 Å². The Morgan fingerprint density at radius 3 is 2.95 bits per heavy atom. The Hall–Kier alpha value is -2.01. The van der Waals surface area contributed by atoms with Crippen LogP contribution in [0.2, 0.25) is 0 Å². The van der Waals surface area contributed by atoms with Crippen LogP contribution in [-0.4, -0.2) is 15.0 Å². The van der Waals surface area contributed by atoms with Crippen molar-refractivity contribution in [1.29, 1.82) is 0 Å². The lowest BCUT2D eigenvalue weighted by molar-refractivity contribution is 0.880. The van der Waals surface area contributed by atoms with E-state index in [-0.39, 0.29) is 0 Å². The first-order valence-corrected chi connectivity index (χ1v) is 7.04. The minimum Gasteiger partial charge on any atom is -0.384 e. The molecule has 4 nitrogen and oxygen atoms in total. The Labute approximate surface area is 114 Å². The summed E-state index contributed by atoms with van der Waals surface area (Å²) in [6, 6.07) is 12.2. The largest absolute Gasteiger partial charge is 0.384 e. The quantitative estimate of drug-likeness (QED) is 0.712. The second-order valence-electron chi connectivity index (χ2n) is 4.65. The molecule has 3 heterocycles. The van der Waals surface area contributed by atoms with Crippen molar-refractivity contribution in [2.75, 3.05) is 5.73 Å². The predicted octanol–water partition coefficient (Wildman–Crippen LogP) is 2.93. The molecule has 1 aliphatic heterocycles. The molecular weight excluding hydrogens is 256 g/mol. The molecule has 0 spiro atoms. The Balaban J connectivity index is 1.73. The van der Waals surface area contributed by atoms with E-state index in [1.54, 1.807) is 6.07 Å². The standard InChI is InChI=1S/C14H12N4S/c15-12-6-5-9-13(17-12)18-14(16-9)11-7-8-3-1-2-4-10(8)19-11/h1-6,11H,7H2,(H3,15,16,17,18). The number of aromatic amines is 1. The first-order valence-electron chi connectivity index (χ1n) is 6.16. The van der Waals surface area contributed by atoms with Gasteiger partial charge < -0.3 is 10.7 Å². The molecule has 0 fully saturated rings. The maximum atomic E-state index is 5.69. The molecule has 3 N–H and O–H groups in total. The van der Waals surface area contributed by atoms with Gasteiger partial charge in [0.25, 0.3) is 0 Å². The smallest absolute Gasteiger partial charge is 0.179 e. The van der Waals surface area contributed by atoms with Crippen LogP contribution in [0.4, 0.5) is 5.82 Å². The fourth-order valence-electron chi connectivity index (χ4n) is 2.41. The molecule has 19 heavy (non-hydrogen) atoms. The first-order chi connectivity index (χ1) is 9.29. The maximum Gasteiger partial charge on any atom is 0.179 e.